The molecule has 0 fully saturated rings. The Hall–Kier alpha value is -3.21. The van der Waals surface area contributed by atoms with Crippen LogP contribution < -0.4 is 9.86 Å². The minimum Gasteiger partial charge on any atom is -0.478 e. The van der Waals surface area contributed by atoms with Crippen molar-refractivity contribution in [2.75, 3.05) is 0 Å². The molecule has 10 heteroatoms. The maximum absolute atomic E-state index is 10.6. The molecule has 0 aliphatic rings. The fraction of sp³-hybridized carbons (Fsp3) is 0.111. The smallest absolute Gasteiger partial charge is 0.338 e. The van der Waals surface area contributed by atoms with Crippen molar-refractivity contribution in [3.05, 3.63) is 77.7 Å². The van der Waals surface area contributed by atoms with Gasteiger partial charge in [0.25, 0.3) is 10.2 Å². The number of pyridine rings is 1. The number of carbonyl (C=O) groups is 1. The fourth-order valence-electron chi connectivity index (χ4n) is 2.07. The molecule has 0 spiro atoms. The maximum atomic E-state index is 10.6. The summed E-state index contributed by atoms with van der Waals surface area (Å²) in [5.41, 5.74) is 2.67. The second-order valence-corrected chi connectivity index (χ2v) is 7.05. The highest BCUT2D eigenvalue weighted by Gasteiger charge is 2.05. The molecule has 2 heterocycles. The fourth-order valence-corrected chi connectivity index (χ4v) is 2.44. The lowest BCUT2D eigenvalue weighted by Crippen LogP contribution is -2.30. The lowest BCUT2D eigenvalue weighted by Gasteiger charge is -2.02. The number of aromatic carboxylic acids is 1. The Balaban J connectivity index is 0.000000203. The summed E-state index contributed by atoms with van der Waals surface area (Å²) in [6.07, 6.45) is 4.16. The Bertz CT molecular complexity index is 1030. The van der Waals surface area contributed by atoms with Crippen LogP contribution in [-0.2, 0) is 16.8 Å². The van der Waals surface area contributed by atoms with Gasteiger partial charge in [0.1, 0.15) is 5.69 Å². The molecule has 0 radical (unpaired) electrons. The summed E-state index contributed by atoms with van der Waals surface area (Å²) in [5, 5.41) is 13.4. The van der Waals surface area contributed by atoms with Gasteiger partial charge >= 0.3 is 5.97 Å². The first-order chi connectivity index (χ1) is 13.2. The van der Waals surface area contributed by atoms with E-state index in [-0.39, 0.29) is 12.1 Å². The number of carboxylic acid groups (broad SMARTS) is 1. The van der Waals surface area contributed by atoms with Gasteiger partial charge in [0.15, 0.2) is 5.82 Å². The average molecular weight is 401 g/mol. The molecule has 0 saturated carbocycles. The third kappa shape index (κ3) is 7.19. The quantitative estimate of drug-likeness (QED) is 0.587. The monoisotopic (exact) mass is 401 g/mol. The van der Waals surface area contributed by atoms with Crippen LogP contribution in [0.25, 0.3) is 11.5 Å². The SMILES string of the molecule is Cc1cccc(CNS(N)(=O)=O)c1.O=C(O)c1cnc(-c2ccccn2)nc1. The first-order valence-electron chi connectivity index (χ1n) is 8.04. The molecule has 3 rings (SSSR count). The van der Waals surface area contributed by atoms with Crippen molar-refractivity contribution < 1.29 is 18.3 Å². The van der Waals surface area contributed by atoms with Crippen LogP contribution in [0.4, 0.5) is 0 Å². The van der Waals surface area contributed by atoms with Crippen molar-refractivity contribution in [1.29, 1.82) is 0 Å². The van der Waals surface area contributed by atoms with Crippen LogP contribution in [0.2, 0.25) is 0 Å². The summed E-state index contributed by atoms with van der Waals surface area (Å²) in [5.74, 6) is -0.622. The maximum Gasteiger partial charge on any atom is 0.338 e. The number of aromatic nitrogens is 3. The Kier molecular flexibility index (Phi) is 7.27. The van der Waals surface area contributed by atoms with Gasteiger partial charge in [-0.2, -0.15) is 13.1 Å². The summed E-state index contributed by atoms with van der Waals surface area (Å²) in [6, 6.07) is 12.9. The van der Waals surface area contributed by atoms with Gasteiger partial charge in [-0.15, -0.1) is 0 Å². The molecule has 0 aliphatic heterocycles. The Labute approximate surface area is 162 Å². The molecule has 0 bridgehead atoms. The summed E-state index contributed by atoms with van der Waals surface area (Å²) in [6.45, 7) is 2.18. The van der Waals surface area contributed by atoms with Crippen molar-refractivity contribution in [3.63, 3.8) is 0 Å². The van der Waals surface area contributed by atoms with E-state index in [1.807, 2.05) is 37.3 Å². The molecule has 0 amide bonds. The van der Waals surface area contributed by atoms with Crippen molar-refractivity contribution in [2.45, 2.75) is 13.5 Å². The summed E-state index contributed by atoms with van der Waals surface area (Å²) >= 11 is 0. The van der Waals surface area contributed by atoms with Crippen LogP contribution >= 0.6 is 0 Å². The van der Waals surface area contributed by atoms with Gasteiger partial charge < -0.3 is 5.11 Å². The molecule has 0 aliphatic carbocycles. The molecule has 4 N–H and O–H groups in total. The van der Waals surface area contributed by atoms with Crippen LogP contribution in [0.5, 0.6) is 0 Å². The molecule has 2 aromatic heterocycles. The van der Waals surface area contributed by atoms with Gasteiger partial charge in [-0.3, -0.25) is 4.98 Å². The van der Waals surface area contributed by atoms with Crippen LogP contribution in [0.3, 0.4) is 0 Å². The normalized spacial score (nSPS) is 10.6. The molecular weight excluding hydrogens is 382 g/mol. The van der Waals surface area contributed by atoms with E-state index in [4.69, 9.17) is 10.2 Å². The Morgan fingerprint density at radius 1 is 1.11 bits per heavy atom. The van der Waals surface area contributed by atoms with Gasteiger partial charge in [0, 0.05) is 25.1 Å². The van der Waals surface area contributed by atoms with Crippen molar-refractivity contribution >= 4 is 16.2 Å². The first-order valence-corrected chi connectivity index (χ1v) is 9.59. The molecule has 146 valence electrons. The molecule has 1 aromatic carbocycles. The number of hydrogen-bond acceptors (Lipinski definition) is 6. The van der Waals surface area contributed by atoms with Crippen LogP contribution in [-0.4, -0.2) is 34.4 Å². The van der Waals surface area contributed by atoms with Gasteiger partial charge in [0.2, 0.25) is 0 Å². The van der Waals surface area contributed by atoms with E-state index >= 15 is 0 Å². The highest BCUT2D eigenvalue weighted by molar-refractivity contribution is 7.87. The minimum atomic E-state index is -3.59. The van der Waals surface area contributed by atoms with Gasteiger partial charge in [-0.1, -0.05) is 35.9 Å². The van der Waals surface area contributed by atoms with Gasteiger partial charge in [0.05, 0.1) is 5.56 Å². The van der Waals surface area contributed by atoms with E-state index in [0.717, 1.165) is 11.1 Å². The van der Waals surface area contributed by atoms with E-state index < -0.39 is 16.2 Å². The third-order valence-corrected chi connectivity index (χ3v) is 3.90. The highest BCUT2D eigenvalue weighted by atomic mass is 32.2. The molecule has 0 unspecified atom stereocenters. The number of hydrogen-bond donors (Lipinski definition) is 3. The number of nitrogens with zero attached hydrogens (tertiary/aromatic N) is 3. The predicted molar refractivity (Wildman–Crippen MR) is 103 cm³/mol. The van der Waals surface area contributed by atoms with Gasteiger partial charge in [-0.05, 0) is 24.6 Å². The standard InChI is InChI=1S/C10H7N3O2.C8H12N2O2S/c14-10(15)7-5-12-9(13-6-7)8-3-1-2-4-11-8;1-7-3-2-4-8(5-7)6-10-13(9,11)12/h1-6H,(H,14,15);2-5,10H,6H2,1H3,(H2,9,11,12). The largest absolute Gasteiger partial charge is 0.478 e. The lowest BCUT2D eigenvalue weighted by atomic mass is 10.1. The Morgan fingerprint density at radius 2 is 1.82 bits per heavy atom. The topological polar surface area (TPSA) is 148 Å². The summed E-state index contributed by atoms with van der Waals surface area (Å²) < 4.78 is 23.3. The van der Waals surface area contributed by atoms with Crippen molar-refractivity contribution in [2.24, 2.45) is 5.14 Å². The molecule has 3 aromatic rings. The van der Waals surface area contributed by atoms with Crippen molar-refractivity contribution in [3.8, 4) is 11.5 Å². The third-order valence-electron chi connectivity index (χ3n) is 3.35. The number of nitrogens with one attached hydrogen (secondary N) is 1. The second kappa shape index (κ2) is 9.65. The van der Waals surface area contributed by atoms with E-state index in [9.17, 15) is 13.2 Å². The Morgan fingerprint density at radius 3 is 2.36 bits per heavy atom. The van der Waals surface area contributed by atoms with Crippen LogP contribution in [0, 0.1) is 6.92 Å². The predicted octanol–water partition coefficient (Wildman–Crippen LogP) is 1.52. The van der Waals surface area contributed by atoms with Crippen molar-refractivity contribution in [1.82, 2.24) is 19.7 Å². The zero-order chi connectivity index (χ0) is 20.6. The van der Waals surface area contributed by atoms with E-state index in [0.29, 0.717) is 11.5 Å². The van der Waals surface area contributed by atoms with E-state index in [2.05, 4.69) is 19.7 Å². The van der Waals surface area contributed by atoms with Crippen LogP contribution in [0.1, 0.15) is 21.5 Å². The second-order valence-electron chi connectivity index (χ2n) is 5.67. The number of rotatable bonds is 5. The highest BCUT2D eigenvalue weighted by Crippen LogP contribution is 2.09. The molecule has 0 saturated heterocycles. The number of carboxylic acids is 1. The number of benzene rings is 1. The molecular formula is C18H19N5O4S. The van der Waals surface area contributed by atoms with E-state index in [1.165, 1.54) is 12.4 Å². The molecule has 0 atom stereocenters. The molecule has 28 heavy (non-hydrogen) atoms. The van der Waals surface area contributed by atoms with Gasteiger partial charge in [-0.25, -0.2) is 19.9 Å². The zero-order valence-corrected chi connectivity index (χ0v) is 15.8. The first kappa shape index (κ1) is 21.1. The molecule has 9 nitrogen and oxygen atoms in total. The summed E-state index contributed by atoms with van der Waals surface area (Å²) in [4.78, 5) is 22.4. The average Bonchev–Trinajstić information content (AvgIpc) is 2.67. The zero-order valence-electron chi connectivity index (χ0n) is 15.0. The van der Waals surface area contributed by atoms with Crippen LogP contribution in [0.15, 0.2) is 61.1 Å². The number of aryl methyl sites for hydroxylation is 1. The lowest BCUT2D eigenvalue weighted by molar-refractivity contribution is 0.0696. The van der Waals surface area contributed by atoms with E-state index in [1.54, 1.807) is 18.3 Å². The number of nitrogens with two attached hydrogens (primary N) is 1. The minimum absolute atomic E-state index is 0.0645. The summed E-state index contributed by atoms with van der Waals surface area (Å²) in [7, 11) is -3.59.